The standard InChI is InChI=1S/C13H15F2N3O2S/c1-8-11(7-18(3)16-8)9(2)17-21(19,20)10-4-5-12(14)13(15)6-10/h4-7,9,17H,1-3H3. The highest BCUT2D eigenvalue weighted by Gasteiger charge is 2.21. The van der Waals surface area contributed by atoms with Crippen molar-refractivity contribution in [2.24, 2.45) is 7.05 Å². The van der Waals surface area contributed by atoms with Crippen molar-refractivity contribution in [1.82, 2.24) is 14.5 Å². The van der Waals surface area contributed by atoms with Crippen molar-refractivity contribution in [1.29, 1.82) is 0 Å². The van der Waals surface area contributed by atoms with Gasteiger partial charge in [0.2, 0.25) is 10.0 Å². The Morgan fingerprint density at radius 3 is 2.48 bits per heavy atom. The molecule has 0 spiro atoms. The number of hydrogen-bond donors (Lipinski definition) is 1. The van der Waals surface area contributed by atoms with Gasteiger partial charge in [0.05, 0.1) is 10.6 Å². The van der Waals surface area contributed by atoms with Crippen molar-refractivity contribution in [3.8, 4) is 0 Å². The monoisotopic (exact) mass is 315 g/mol. The second-order valence-corrected chi connectivity index (χ2v) is 6.48. The number of benzene rings is 1. The Kier molecular flexibility index (Phi) is 4.11. The minimum absolute atomic E-state index is 0.324. The zero-order valence-corrected chi connectivity index (χ0v) is 12.6. The van der Waals surface area contributed by atoms with E-state index in [9.17, 15) is 17.2 Å². The molecule has 0 bridgehead atoms. The maximum atomic E-state index is 13.2. The third-order valence-corrected chi connectivity index (χ3v) is 4.59. The van der Waals surface area contributed by atoms with Crippen LogP contribution in [-0.2, 0) is 17.1 Å². The second-order valence-electron chi connectivity index (χ2n) is 4.76. The minimum atomic E-state index is -3.95. The molecule has 0 aliphatic rings. The van der Waals surface area contributed by atoms with E-state index in [4.69, 9.17) is 0 Å². The summed E-state index contributed by atoms with van der Waals surface area (Å²) >= 11 is 0. The van der Waals surface area contributed by atoms with E-state index in [1.165, 1.54) is 0 Å². The first kappa shape index (κ1) is 15.6. The van der Waals surface area contributed by atoms with Crippen molar-refractivity contribution in [2.75, 3.05) is 0 Å². The maximum Gasteiger partial charge on any atom is 0.241 e. The number of sulfonamides is 1. The van der Waals surface area contributed by atoms with Gasteiger partial charge in [0.15, 0.2) is 11.6 Å². The van der Waals surface area contributed by atoms with Crippen LogP contribution in [0.25, 0.3) is 0 Å². The highest BCUT2D eigenvalue weighted by molar-refractivity contribution is 7.89. The average molecular weight is 315 g/mol. The van der Waals surface area contributed by atoms with Crippen LogP contribution in [0.2, 0.25) is 0 Å². The molecule has 0 saturated heterocycles. The van der Waals surface area contributed by atoms with Crippen LogP contribution in [0.1, 0.15) is 24.2 Å². The molecule has 114 valence electrons. The van der Waals surface area contributed by atoms with Gasteiger partial charge in [-0.15, -0.1) is 0 Å². The molecule has 0 aliphatic heterocycles. The van der Waals surface area contributed by atoms with E-state index < -0.39 is 27.7 Å². The van der Waals surface area contributed by atoms with Gasteiger partial charge in [-0.05, 0) is 32.0 Å². The van der Waals surface area contributed by atoms with Crippen LogP contribution in [0.15, 0.2) is 29.3 Å². The molecule has 2 rings (SSSR count). The predicted molar refractivity (Wildman–Crippen MR) is 73.0 cm³/mol. The van der Waals surface area contributed by atoms with E-state index in [0.29, 0.717) is 17.3 Å². The van der Waals surface area contributed by atoms with E-state index in [2.05, 4.69) is 9.82 Å². The van der Waals surface area contributed by atoms with Crippen molar-refractivity contribution in [2.45, 2.75) is 24.8 Å². The number of nitrogens with zero attached hydrogens (tertiary/aromatic N) is 2. The molecule has 1 aromatic heterocycles. The van der Waals surface area contributed by atoms with Gasteiger partial charge in [-0.25, -0.2) is 21.9 Å². The highest BCUT2D eigenvalue weighted by Crippen LogP contribution is 2.20. The Morgan fingerprint density at radius 1 is 1.29 bits per heavy atom. The fourth-order valence-corrected chi connectivity index (χ4v) is 3.29. The van der Waals surface area contributed by atoms with E-state index in [1.54, 1.807) is 31.8 Å². The first-order chi connectivity index (χ1) is 9.70. The third-order valence-electron chi connectivity index (χ3n) is 3.05. The predicted octanol–water partition coefficient (Wildman–Crippen LogP) is 2.05. The molecule has 1 atom stereocenters. The molecule has 0 saturated carbocycles. The first-order valence-corrected chi connectivity index (χ1v) is 7.66. The topological polar surface area (TPSA) is 64.0 Å². The maximum absolute atomic E-state index is 13.2. The number of aryl methyl sites for hydroxylation is 2. The lowest BCUT2D eigenvalue weighted by Crippen LogP contribution is -2.27. The Balaban J connectivity index is 2.28. The minimum Gasteiger partial charge on any atom is -0.275 e. The number of hydrogen-bond acceptors (Lipinski definition) is 3. The number of halogens is 2. The summed E-state index contributed by atoms with van der Waals surface area (Å²) in [6.07, 6.45) is 1.70. The highest BCUT2D eigenvalue weighted by atomic mass is 32.2. The van der Waals surface area contributed by atoms with Crippen LogP contribution in [0.3, 0.4) is 0 Å². The zero-order valence-electron chi connectivity index (χ0n) is 11.8. The lowest BCUT2D eigenvalue weighted by atomic mass is 10.1. The summed E-state index contributed by atoms with van der Waals surface area (Å²) in [4.78, 5) is -0.324. The molecule has 0 radical (unpaired) electrons. The van der Waals surface area contributed by atoms with Crippen LogP contribution in [0.4, 0.5) is 8.78 Å². The number of aromatic nitrogens is 2. The Hall–Kier alpha value is -1.80. The number of rotatable bonds is 4. The summed E-state index contributed by atoms with van der Waals surface area (Å²) < 4.78 is 54.4. The SMILES string of the molecule is Cc1nn(C)cc1C(C)NS(=O)(=O)c1ccc(F)c(F)c1. The largest absolute Gasteiger partial charge is 0.275 e. The summed E-state index contributed by atoms with van der Waals surface area (Å²) in [5.74, 6) is -2.30. The smallest absolute Gasteiger partial charge is 0.241 e. The molecule has 0 amide bonds. The van der Waals surface area contributed by atoms with Gasteiger partial charge < -0.3 is 0 Å². The lowest BCUT2D eigenvalue weighted by Gasteiger charge is -2.13. The quantitative estimate of drug-likeness (QED) is 0.939. The van der Waals surface area contributed by atoms with Gasteiger partial charge in [0, 0.05) is 24.8 Å². The van der Waals surface area contributed by atoms with E-state index in [0.717, 1.165) is 12.1 Å². The molecule has 8 heteroatoms. The fourth-order valence-electron chi connectivity index (χ4n) is 2.05. The van der Waals surface area contributed by atoms with Crippen LogP contribution < -0.4 is 4.72 Å². The third kappa shape index (κ3) is 3.27. The zero-order chi connectivity index (χ0) is 15.8. The summed E-state index contributed by atoms with van der Waals surface area (Å²) in [7, 11) is -2.22. The van der Waals surface area contributed by atoms with Gasteiger partial charge in [-0.1, -0.05) is 0 Å². The van der Waals surface area contributed by atoms with Gasteiger partial charge in [-0.2, -0.15) is 5.10 Å². The molecular formula is C13H15F2N3O2S. The fraction of sp³-hybridized carbons (Fsp3) is 0.308. The molecule has 1 heterocycles. The van der Waals surface area contributed by atoms with Gasteiger partial charge in [0.1, 0.15) is 0 Å². The Bertz CT molecular complexity index is 772. The lowest BCUT2D eigenvalue weighted by molar-refractivity contribution is 0.503. The summed E-state index contributed by atoms with van der Waals surface area (Å²) in [6.45, 7) is 3.42. The van der Waals surface area contributed by atoms with E-state index in [-0.39, 0.29) is 4.90 Å². The second kappa shape index (κ2) is 5.53. The van der Waals surface area contributed by atoms with Gasteiger partial charge in [-0.3, -0.25) is 4.68 Å². The molecule has 1 N–H and O–H groups in total. The summed E-state index contributed by atoms with van der Waals surface area (Å²) in [5.41, 5.74) is 1.40. The van der Waals surface area contributed by atoms with Crippen LogP contribution >= 0.6 is 0 Å². The molecule has 1 aromatic carbocycles. The van der Waals surface area contributed by atoms with Crippen LogP contribution in [-0.4, -0.2) is 18.2 Å². The molecule has 0 fully saturated rings. The molecular weight excluding hydrogens is 300 g/mol. The summed E-state index contributed by atoms with van der Waals surface area (Å²) in [6, 6.07) is 1.91. The Labute approximate surface area is 121 Å². The summed E-state index contributed by atoms with van der Waals surface area (Å²) in [5, 5.41) is 4.13. The van der Waals surface area contributed by atoms with E-state index >= 15 is 0 Å². The molecule has 2 aromatic rings. The number of nitrogens with one attached hydrogen (secondary N) is 1. The molecule has 21 heavy (non-hydrogen) atoms. The molecule has 1 unspecified atom stereocenters. The van der Waals surface area contributed by atoms with Gasteiger partial charge >= 0.3 is 0 Å². The van der Waals surface area contributed by atoms with E-state index in [1.807, 2.05) is 0 Å². The van der Waals surface area contributed by atoms with Crippen molar-refractivity contribution in [3.05, 3.63) is 47.3 Å². The van der Waals surface area contributed by atoms with Crippen LogP contribution in [0.5, 0.6) is 0 Å². The van der Waals surface area contributed by atoms with Crippen LogP contribution in [0, 0.1) is 18.6 Å². The van der Waals surface area contributed by atoms with Crippen molar-refractivity contribution < 1.29 is 17.2 Å². The van der Waals surface area contributed by atoms with Gasteiger partial charge in [0.25, 0.3) is 0 Å². The molecule has 5 nitrogen and oxygen atoms in total. The first-order valence-electron chi connectivity index (χ1n) is 6.18. The van der Waals surface area contributed by atoms with Crippen molar-refractivity contribution >= 4 is 10.0 Å². The normalized spacial score (nSPS) is 13.4. The molecule has 0 aliphatic carbocycles. The Morgan fingerprint density at radius 2 is 1.95 bits per heavy atom. The average Bonchev–Trinajstić information content (AvgIpc) is 2.71. The van der Waals surface area contributed by atoms with Crippen molar-refractivity contribution in [3.63, 3.8) is 0 Å².